The van der Waals surface area contributed by atoms with Crippen LogP contribution in [0.5, 0.6) is 0 Å². The van der Waals surface area contributed by atoms with Crippen LogP contribution >= 0.6 is 0 Å². The minimum Gasteiger partial charge on any atom is -0.452 e. The molecular formula is C20H20N2O4. The van der Waals surface area contributed by atoms with Crippen LogP contribution in [-0.4, -0.2) is 38.2 Å². The van der Waals surface area contributed by atoms with Gasteiger partial charge in [-0.2, -0.15) is 5.26 Å². The molecule has 0 saturated carbocycles. The van der Waals surface area contributed by atoms with E-state index in [-0.39, 0.29) is 12.6 Å². The molecule has 2 rings (SSSR count). The third kappa shape index (κ3) is 4.91. The standard InChI is InChI=1S/C20H20N2O4/c1-14(12-25-2)22-19(23)13-26-20(24)18-10-6-5-9-17(18)16-8-4-3-7-15(16)11-21/h3-10,14H,12-13H2,1-2H3,(H,22,23). The van der Waals surface area contributed by atoms with Gasteiger partial charge in [-0.15, -0.1) is 0 Å². The van der Waals surface area contributed by atoms with E-state index < -0.39 is 11.9 Å². The van der Waals surface area contributed by atoms with Gasteiger partial charge in [0.25, 0.3) is 5.91 Å². The minimum absolute atomic E-state index is 0.180. The predicted molar refractivity (Wildman–Crippen MR) is 96.4 cm³/mol. The van der Waals surface area contributed by atoms with Crippen molar-refractivity contribution in [3.63, 3.8) is 0 Å². The Hall–Kier alpha value is -3.17. The summed E-state index contributed by atoms with van der Waals surface area (Å²) >= 11 is 0. The smallest absolute Gasteiger partial charge is 0.339 e. The number of esters is 1. The number of nitrogens with one attached hydrogen (secondary N) is 1. The summed E-state index contributed by atoms with van der Waals surface area (Å²) in [6, 6.07) is 15.8. The number of rotatable bonds is 7. The van der Waals surface area contributed by atoms with E-state index in [1.165, 1.54) is 0 Å². The second kappa shape index (κ2) is 9.35. The number of carbonyl (C=O) groups is 2. The molecule has 1 unspecified atom stereocenters. The van der Waals surface area contributed by atoms with Crippen molar-refractivity contribution in [3.05, 3.63) is 59.7 Å². The number of methoxy groups -OCH3 is 1. The quantitative estimate of drug-likeness (QED) is 0.774. The topological polar surface area (TPSA) is 88.4 Å². The largest absolute Gasteiger partial charge is 0.452 e. The Morgan fingerprint density at radius 2 is 1.77 bits per heavy atom. The van der Waals surface area contributed by atoms with E-state index in [1.54, 1.807) is 62.6 Å². The summed E-state index contributed by atoms with van der Waals surface area (Å²) in [6.45, 7) is 1.77. The average Bonchev–Trinajstić information content (AvgIpc) is 2.66. The summed E-state index contributed by atoms with van der Waals surface area (Å²) in [6.07, 6.45) is 0. The normalized spacial score (nSPS) is 11.3. The molecule has 0 aliphatic rings. The maximum Gasteiger partial charge on any atom is 0.339 e. The maximum absolute atomic E-state index is 12.4. The van der Waals surface area contributed by atoms with Gasteiger partial charge in [0.05, 0.1) is 23.8 Å². The fourth-order valence-electron chi connectivity index (χ4n) is 2.53. The summed E-state index contributed by atoms with van der Waals surface area (Å²) in [5.41, 5.74) is 1.98. The fraction of sp³-hybridized carbons (Fsp3) is 0.250. The van der Waals surface area contributed by atoms with Crippen molar-refractivity contribution in [3.8, 4) is 17.2 Å². The summed E-state index contributed by atoms with van der Waals surface area (Å²) in [5.74, 6) is -1.03. The van der Waals surface area contributed by atoms with Crippen LogP contribution in [0.2, 0.25) is 0 Å². The van der Waals surface area contributed by atoms with Gasteiger partial charge >= 0.3 is 5.97 Å². The first-order valence-electron chi connectivity index (χ1n) is 8.10. The lowest BCUT2D eigenvalue weighted by molar-refractivity contribution is -0.125. The predicted octanol–water partition coefficient (Wildman–Crippen LogP) is 2.53. The second-order valence-electron chi connectivity index (χ2n) is 5.70. The van der Waals surface area contributed by atoms with Gasteiger partial charge in [-0.25, -0.2) is 4.79 Å². The van der Waals surface area contributed by atoms with Crippen LogP contribution in [0.15, 0.2) is 48.5 Å². The van der Waals surface area contributed by atoms with E-state index in [4.69, 9.17) is 9.47 Å². The molecule has 0 aromatic heterocycles. The molecule has 0 bridgehead atoms. The molecule has 1 N–H and O–H groups in total. The Morgan fingerprint density at radius 1 is 1.12 bits per heavy atom. The lowest BCUT2D eigenvalue weighted by Gasteiger charge is -2.14. The number of benzene rings is 2. The van der Waals surface area contributed by atoms with Crippen molar-refractivity contribution in [2.45, 2.75) is 13.0 Å². The minimum atomic E-state index is -0.622. The molecule has 0 fully saturated rings. The van der Waals surface area contributed by atoms with E-state index >= 15 is 0 Å². The molecule has 1 atom stereocenters. The van der Waals surface area contributed by atoms with E-state index in [2.05, 4.69) is 11.4 Å². The van der Waals surface area contributed by atoms with Gasteiger partial charge in [0.1, 0.15) is 0 Å². The van der Waals surface area contributed by atoms with Gasteiger partial charge in [-0.1, -0.05) is 36.4 Å². The van der Waals surface area contributed by atoms with Gasteiger partial charge in [-0.3, -0.25) is 4.79 Å². The Balaban J connectivity index is 2.13. The van der Waals surface area contributed by atoms with Crippen LogP contribution in [-0.2, 0) is 14.3 Å². The zero-order chi connectivity index (χ0) is 18.9. The lowest BCUT2D eigenvalue weighted by Crippen LogP contribution is -2.38. The second-order valence-corrected chi connectivity index (χ2v) is 5.70. The van der Waals surface area contributed by atoms with Crippen molar-refractivity contribution >= 4 is 11.9 Å². The van der Waals surface area contributed by atoms with Crippen LogP contribution in [0.4, 0.5) is 0 Å². The van der Waals surface area contributed by atoms with Crippen molar-refractivity contribution in [1.29, 1.82) is 5.26 Å². The van der Waals surface area contributed by atoms with Crippen molar-refractivity contribution in [2.24, 2.45) is 0 Å². The van der Waals surface area contributed by atoms with Gasteiger partial charge in [0, 0.05) is 18.7 Å². The molecule has 0 radical (unpaired) electrons. The molecule has 6 nitrogen and oxygen atoms in total. The summed E-state index contributed by atoms with van der Waals surface area (Å²) in [5, 5.41) is 12.0. The molecule has 2 aromatic carbocycles. The molecular weight excluding hydrogens is 332 g/mol. The highest BCUT2D eigenvalue weighted by Crippen LogP contribution is 2.27. The first kappa shape index (κ1) is 19.2. The third-order valence-corrected chi connectivity index (χ3v) is 3.64. The first-order chi connectivity index (χ1) is 12.6. The lowest BCUT2D eigenvalue weighted by atomic mass is 9.96. The molecule has 0 aliphatic heterocycles. The molecule has 134 valence electrons. The van der Waals surface area contributed by atoms with Crippen LogP contribution in [0.3, 0.4) is 0 Å². The Kier molecular flexibility index (Phi) is 6.89. The van der Waals surface area contributed by atoms with Crippen LogP contribution in [0.1, 0.15) is 22.8 Å². The Morgan fingerprint density at radius 3 is 2.46 bits per heavy atom. The van der Waals surface area contributed by atoms with Crippen LogP contribution in [0, 0.1) is 11.3 Å². The highest BCUT2D eigenvalue weighted by molar-refractivity contribution is 5.98. The summed E-state index contributed by atoms with van der Waals surface area (Å²) < 4.78 is 10.1. The van der Waals surface area contributed by atoms with Crippen molar-refractivity contribution in [1.82, 2.24) is 5.32 Å². The van der Waals surface area contributed by atoms with Gasteiger partial charge in [0.15, 0.2) is 6.61 Å². The number of nitriles is 1. The number of carbonyl (C=O) groups excluding carboxylic acids is 2. The highest BCUT2D eigenvalue weighted by atomic mass is 16.5. The maximum atomic E-state index is 12.4. The van der Waals surface area contributed by atoms with E-state index in [1.807, 2.05) is 0 Å². The summed E-state index contributed by atoms with van der Waals surface area (Å²) in [4.78, 5) is 24.3. The summed E-state index contributed by atoms with van der Waals surface area (Å²) in [7, 11) is 1.54. The monoisotopic (exact) mass is 352 g/mol. The van der Waals surface area contributed by atoms with E-state index in [9.17, 15) is 14.9 Å². The zero-order valence-corrected chi connectivity index (χ0v) is 14.7. The molecule has 0 aliphatic carbocycles. The molecule has 6 heteroatoms. The van der Waals surface area contributed by atoms with Gasteiger partial charge in [-0.05, 0) is 24.6 Å². The van der Waals surface area contributed by atoms with Crippen molar-refractivity contribution < 1.29 is 19.1 Å². The Labute approximate surface area is 152 Å². The van der Waals surface area contributed by atoms with Gasteiger partial charge in [0.2, 0.25) is 0 Å². The third-order valence-electron chi connectivity index (χ3n) is 3.64. The molecule has 0 spiro atoms. The zero-order valence-electron chi connectivity index (χ0n) is 14.7. The number of amides is 1. The van der Waals surface area contributed by atoms with E-state index in [0.29, 0.717) is 28.9 Å². The average molecular weight is 352 g/mol. The van der Waals surface area contributed by atoms with E-state index in [0.717, 1.165) is 0 Å². The first-order valence-corrected chi connectivity index (χ1v) is 8.10. The van der Waals surface area contributed by atoms with Crippen LogP contribution in [0.25, 0.3) is 11.1 Å². The van der Waals surface area contributed by atoms with Crippen molar-refractivity contribution in [2.75, 3.05) is 20.3 Å². The molecule has 26 heavy (non-hydrogen) atoms. The number of hydrogen-bond donors (Lipinski definition) is 1. The number of nitrogens with zero attached hydrogens (tertiary/aromatic N) is 1. The van der Waals surface area contributed by atoms with Gasteiger partial charge < -0.3 is 14.8 Å². The fourth-order valence-corrected chi connectivity index (χ4v) is 2.53. The highest BCUT2D eigenvalue weighted by Gasteiger charge is 2.17. The van der Waals surface area contributed by atoms with Crippen LogP contribution < -0.4 is 5.32 Å². The molecule has 0 saturated heterocycles. The SMILES string of the molecule is COCC(C)NC(=O)COC(=O)c1ccccc1-c1ccccc1C#N. The number of hydrogen-bond acceptors (Lipinski definition) is 5. The molecule has 0 heterocycles. The number of ether oxygens (including phenoxy) is 2. The molecule has 1 amide bonds. The Bertz CT molecular complexity index is 827. The molecule has 2 aromatic rings.